The SMILES string of the molecule is COc1cc(CNc2ccc(Br)c(Cl)c2)ccc1OCc1cccc2ccccc12. The largest absolute Gasteiger partial charge is 0.493 e. The van der Waals surface area contributed by atoms with E-state index in [4.69, 9.17) is 21.1 Å². The molecule has 0 saturated carbocycles. The molecule has 0 spiro atoms. The van der Waals surface area contributed by atoms with Crippen LogP contribution in [0.3, 0.4) is 0 Å². The lowest BCUT2D eigenvalue weighted by atomic mass is 10.1. The average Bonchev–Trinajstić information content (AvgIpc) is 2.78. The van der Waals surface area contributed by atoms with E-state index >= 15 is 0 Å². The van der Waals surface area contributed by atoms with Gasteiger partial charge in [0.1, 0.15) is 6.61 Å². The fourth-order valence-corrected chi connectivity index (χ4v) is 3.75. The van der Waals surface area contributed by atoms with Crippen molar-refractivity contribution in [2.45, 2.75) is 13.2 Å². The maximum Gasteiger partial charge on any atom is 0.161 e. The molecule has 30 heavy (non-hydrogen) atoms. The molecular formula is C25H21BrClNO2. The highest BCUT2D eigenvalue weighted by Gasteiger charge is 2.08. The van der Waals surface area contributed by atoms with Crippen LogP contribution in [0, 0.1) is 0 Å². The average molecular weight is 483 g/mol. The molecule has 0 bridgehead atoms. The standard InChI is InChI=1S/C25H21BrClNO2/c1-29-25-13-17(15-28-20-10-11-22(26)23(27)14-20)9-12-24(25)30-16-19-7-4-6-18-5-2-3-8-21(18)19/h2-14,28H,15-16H2,1H3. The third-order valence-corrected chi connectivity index (χ3v) is 6.14. The fraction of sp³-hybridized carbons (Fsp3) is 0.120. The normalized spacial score (nSPS) is 10.8. The van der Waals surface area contributed by atoms with Gasteiger partial charge >= 0.3 is 0 Å². The quantitative estimate of drug-likeness (QED) is 0.296. The van der Waals surface area contributed by atoms with Crippen LogP contribution in [0.25, 0.3) is 10.8 Å². The van der Waals surface area contributed by atoms with Gasteiger partial charge < -0.3 is 14.8 Å². The van der Waals surface area contributed by atoms with Crippen molar-refractivity contribution in [3.63, 3.8) is 0 Å². The highest BCUT2D eigenvalue weighted by atomic mass is 79.9. The van der Waals surface area contributed by atoms with Gasteiger partial charge in [-0.25, -0.2) is 0 Å². The third-order valence-electron chi connectivity index (χ3n) is 4.91. The Morgan fingerprint density at radius 3 is 2.57 bits per heavy atom. The van der Waals surface area contributed by atoms with Crippen molar-refractivity contribution >= 4 is 44.0 Å². The van der Waals surface area contributed by atoms with E-state index in [-0.39, 0.29) is 0 Å². The minimum absolute atomic E-state index is 0.479. The zero-order valence-electron chi connectivity index (χ0n) is 16.5. The highest BCUT2D eigenvalue weighted by molar-refractivity contribution is 9.10. The summed E-state index contributed by atoms with van der Waals surface area (Å²) in [6.07, 6.45) is 0. The first-order chi connectivity index (χ1) is 14.6. The Hall–Kier alpha value is -2.69. The second-order valence-corrected chi connectivity index (χ2v) is 8.16. The number of hydrogen-bond acceptors (Lipinski definition) is 3. The molecule has 0 aliphatic carbocycles. The van der Waals surface area contributed by atoms with Crippen LogP contribution in [-0.4, -0.2) is 7.11 Å². The van der Waals surface area contributed by atoms with Gasteiger partial charge in [0.15, 0.2) is 11.5 Å². The molecule has 4 aromatic carbocycles. The van der Waals surface area contributed by atoms with Gasteiger partial charge in [0.2, 0.25) is 0 Å². The summed E-state index contributed by atoms with van der Waals surface area (Å²) in [5.41, 5.74) is 3.19. The Labute approximate surface area is 189 Å². The van der Waals surface area contributed by atoms with Crippen molar-refractivity contribution in [3.8, 4) is 11.5 Å². The first kappa shape index (κ1) is 20.6. The summed E-state index contributed by atoms with van der Waals surface area (Å²) in [7, 11) is 1.66. The second-order valence-electron chi connectivity index (χ2n) is 6.89. The minimum atomic E-state index is 0.479. The van der Waals surface area contributed by atoms with E-state index in [0.29, 0.717) is 23.9 Å². The van der Waals surface area contributed by atoms with Crippen LogP contribution in [-0.2, 0) is 13.2 Å². The maximum atomic E-state index is 6.16. The molecule has 0 saturated heterocycles. The number of ether oxygens (including phenoxy) is 2. The Bertz CT molecular complexity index is 1170. The molecule has 4 aromatic rings. The van der Waals surface area contributed by atoms with Crippen molar-refractivity contribution < 1.29 is 9.47 Å². The first-order valence-corrected chi connectivity index (χ1v) is 10.8. The molecule has 4 rings (SSSR count). The molecule has 3 nitrogen and oxygen atoms in total. The van der Waals surface area contributed by atoms with Crippen molar-refractivity contribution in [2.24, 2.45) is 0 Å². The lowest BCUT2D eigenvalue weighted by Gasteiger charge is -2.14. The van der Waals surface area contributed by atoms with Gasteiger partial charge in [-0.3, -0.25) is 0 Å². The molecule has 0 heterocycles. The zero-order valence-corrected chi connectivity index (χ0v) is 18.8. The van der Waals surface area contributed by atoms with Crippen LogP contribution < -0.4 is 14.8 Å². The predicted molar refractivity (Wildman–Crippen MR) is 128 cm³/mol. The predicted octanol–water partition coefficient (Wildman–Crippen LogP) is 7.46. The Morgan fingerprint density at radius 1 is 0.900 bits per heavy atom. The maximum absolute atomic E-state index is 6.16. The molecule has 0 amide bonds. The number of rotatable bonds is 7. The monoisotopic (exact) mass is 481 g/mol. The molecular weight excluding hydrogens is 462 g/mol. The zero-order chi connectivity index (χ0) is 20.9. The van der Waals surface area contributed by atoms with Crippen LogP contribution in [0.1, 0.15) is 11.1 Å². The first-order valence-electron chi connectivity index (χ1n) is 9.59. The van der Waals surface area contributed by atoms with Crippen molar-refractivity contribution in [2.75, 3.05) is 12.4 Å². The lowest BCUT2D eigenvalue weighted by molar-refractivity contribution is 0.285. The Balaban J connectivity index is 1.46. The number of nitrogens with one attached hydrogen (secondary N) is 1. The number of hydrogen-bond donors (Lipinski definition) is 1. The van der Waals surface area contributed by atoms with Gasteiger partial charge in [-0.1, -0.05) is 60.1 Å². The molecule has 0 aliphatic heterocycles. The van der Waals surface area contributed by atoms with Crippen molar-refractivity contribution in [1.29, 1.82) is 0 Å². The number of fused-ring (bicyclic) bond motifs is 1. The van der Waals surface area contributed by atoms with E-state index in [0.717, 1.165) is 27.0 Å². The van der Waals surface area contributed by atoms with E-state index in [9.17, 15) is 0 Å². The fourth-order valence-electron chi connectivity index (χ4n) is 3.33. The van der Waals surface area contributed by atoms with E-state index < -0.39 is 0 Å². The second kappa shape index (κ2) is 9.41. The molecule has 1 N–H and O–H groups in total. The number of benzene rings is 4. The van der Waals surface area contributed by atoms with Gasteiger partial charge in [-0.05, 0) is 68.2 Å². The molecule has 0 radical (unpaired) electrons. The smallest absolute Gasteiger partial charge is 0.161 e. The van der Waals surface area contributed by atoms with E-state index in [1.54, 1.807) is 7.11 Å². The highest BCUT2D eigenvalue weighted by Crippen LogP contribution is 2.31. The van der Waals surface area contributed by atoms with Gasteiger partial charge in [-0.15, -0.1) is 0 Å². The number of methoxy groups -OCH3 is 1. The molecule has 0 fully saturated rings. The lowest BCUT2D eigenvalue weighted by Crippen LogP contribution is -2.02. The van der Waals surface area contributed by atoms with Crippen molar-refractivity contribution in [3.05, 3.63) is 99.5 Å². The summed E-state index contributed by atoms with van der Waals surface area (Å²) >= 11 is 9.57. The number of halogens is 2. The molecule has 0 aliphatic rings. The van der Waals surface area contributed by atoms with Crippen LogP contribution in [0.5, 0.6) is 11.5 Å². The summed E-state index contributed by atoms with van der Waals surface area (Å²) in [6.45, 7) is 1.13. The molecule has 5 heteroatoms. The molecule has 0 unspecified atom stereocenters. The summed E-state index contributed by atoms with van der Waals surface area (Å²) in [4.78, 5) is 0. The van der Waals surface area contributed by atoms with Crippen LogP contribution in [0.15, 0.2) is 83.3 Å². The molecule has 0 atom stereocenters. The van der Waals surface area contributed by atoms with E-state index in [1.807, 2.05) is 48.5 Å². The van der Waals surface area contributed by atoms with Gasteiger partial charge in [0.05, 0.1) is 12.1 Å². The summed E-state index contributed by atoms with van der Waals surface area (Å²) < 4.78 is 12.5. The van der Waals surface area contributed by atoms with Crippen molar-refractivity contribution in [1.82, 2.24) is 0 Å². The summed E-state index contributed by atoms with van der Waals surface area (Å²) in [5.74, 6) is 1.43. The van der Waals surface area contributed by atoms with Gasteiger partial charge in [0.25, 0.3) is 0 Å². The van der Waals surface area contributed by atoms with Crippen LogP contribution in [0.4, 0.5) is 5.69 Å². The van der Waals surface area contributed by atoms with Crippen LogP contribution in [0.2, 0.25) is 5.02 Å². The third kappa shape index (κ3) is 4.72. The number of anilines is 1. The summed E-state index contributed by atoms with van der Waals surface area (Å²) in [6, 6.07) is 26.4. The topological polar surface area (TPSA) is 30.5 Å². The summed E-state index contributed by atoms with van der Waals surface area (Å²) in [5, 5.41) is 6.46. The van der Waals surface area contributed by atoms with Gasteiger partial charge in [0, 0.05) is 16.7 Å². The van der Waals surface area contributed by atoms with Crippen LogP contribution >= 0.6 is 27.5 Å². The van der Waals surface area contributed by atoms with E-state index in [2.05, 4.69) is 51.6 Å². The Kier molecular flexibility index (Phi) is 6.46. The molecule has 152 valence electrons. The minimum Gasteiger partial charge on any atom is -0.493 e. The molecule has 0 aromatic heterocycles. The van der Waals surface area contributed by atoms with Gasteiger partial charge in [-0.2, -0.15) is 0 Å². The van der Waals surface area contributed by atoms with E-state index in [1.165, 1.54) is 10.8 Å². The Morgan fingerprint density at radius 2 is 1.73 bits per heavy atom.